The molecule has 2 amide bonds. The summed E-state index contributed by atoms with van der Waals surface area (Å²) in [5.74, 6) is -1.19. The number of rotatable bonds is 5. The number of amides is 2. The van der Waals surface area contributed by atoms with Crippen molar-refractivity contribution in [3.05, 3.63) is 65.5 Å². The predicted molar refractivity (Wildman–Crippen MR) is 98.7 cm³/mol. The van der Waals surface area contributed by atoms with Gasteiger partial charge in [0.05, 0.1) is 12.2 Å². The van der Waals surface area contributed by atoms with Gasteiger partial charge in [-0.3, -0.25) is 14.4 Å². The third-order valence-electron chi connectivity index (χ3n) is 4.17. The van der Waals surface area contributed by atoms with E-state index in [4.69, 9.17) is 0 Å². The van der Waals surface area contributed by atoms with E-state index >= 15 is 0 Å². The molecule has 0 unspecified atom stereocenters. The lowest BCUT2D eigenvalue weighted by Gasteiger charge is -2.23. The number of Topliss-reactive ketones (excluding diaryl/α,β-unsaturated/α-hetero) is 1. The number of carbonyl (C=O) groups excluding carboxylic acids is 3. The molecule has 0 aromatic heterocycles. The summed E-state index contributed by atoms with van der Waals surface area (Å²) in [5, 5.41) is 8.06. The summed E-state index contributed by atoms with van der Waals surface area (Å²) in [5.41, 5.74) is 1.72. The molecule has 138 valence electrons. The van der Waals surface area contributed by atoms with Gasteiger partial charge >= 0.3 is 0 Å². The van der Waals surface area contributed by atoms with Crippen molar-refractivity contribution in [1.29, 1.82) is 0 Å². The smallest absolute Gasteiger partial charge is 0.271 e. The normalized spacial score (nSPS) is 13.9. The summed E-state index contributed by atoms with van der Waals surface area (Å²) in [6, 6.07) is 12.4. The van der Waals surface area contributed by atoms with Crippen molar-refractivity contribution in [2.24, 2.45) is 5.10 Å². The average Bonchev–Trinajstić information content (AvgIpc) is 2.65. The number of halogens is 1. The first-order valence-corrected chi connectivity index (χ1v) is 8.47. The summed E-state index contributed by atoms with van der Waals surface area (Å²) in [7, 11) is 0. The fourth-order valence-corrected chi connectivity index (χ4v) is 2.74. The first-order valence-electron chi connectivity index (χ1n) is 8.47. The van der Waals surface area contributed by atoms with Gasteiger partial charge in [-0.15, -0.1) is 0 Å². The van der Waals surface area contributed by atoms with Gasteiger partial charge in [-0.1, -0.05) is 24.3 Å². The van der Waals surface area contributed by atoms with E-state index in [2.05, 4.69) is 10.4 Å². The van der Waals surface area contributed by atoms with Gasteiger partial charge in [-0.2, -0.15) is 5.10 Å². The minimum Gasteiger partial charge on any atom is -0.320 e. The first kappa shape index (κ1) is 18.4. The number of carbonyl (C=O) groups is 3. The molecule has 1 N–H and O–H groups in total. The Morgan fingerprint density at radius 1 is 1.11 bits per heavy atom. The van der Waals surface area contributed by atoms with E-state index in [1.165, 1.54) is 24.1 Å². The van der Waals surface area contributed by atoms with E-state index in [9.17, 15) is 18.8 Å². The monoisotopic (exact) mass is 367 g/mol. The Hall–Kier alpha value is -3.35. The van der Waals surface area contributed by atoms with Crippen LogP contribution in [0.5, 0.6) is 0 Å². The lowest BCUT2D eigenvalue weighted by atomic mass is 10.1. The lowest BCUT2D eigenvalue weighted by Crippen LogP contribution is -2.36. The van der Waals surface area contributed by atoms with Crippen LogP contribution >= 0.6 is 0 Å². The molecule has 0 saturated heterocycles. The van der Waals surface area contributed by atoms with Gasteiger partial charge < -0.3 is 5.32 Å². The van der Waals surface area contributed by atoms with Crippen LogP contribution in [0.2, 0.25) is 0 Å². The highest BCUT2D eigenvalue weighted by Gasteiger charge is 2.25. The van der Waals surface area contributed by atoms with Crippen LogP contribution in [0.25, 0.3) is 0 Å². The molecule has 6 nitrogen and oxygen atoms in total. The number of hydrazone groups is 1. The maximum Gasteiger partial charge on any atom is 0.271 e. The van der Waals surface area contributed by atoms with Gasteiger partial charge in [0.25, 0.3) is 5.91 Å². The first-order chi connectivity index (χ1) is 12.9. The van der Waals surface area contributed by atoms with Crippen LogP contribution < -0.4 is 5.32 Å². The number of para-hydroxylation sites is 1. The molecule has 2 aromatic rings. The molecule has 27 heavy (non-hydrogen) atoms. The summed E-state index contributed by atoms with van der Waals surface area (Å²) < 4.78 is 13.0. The van der Waals surface area contributed by atoms with Gasteiger partial charge in [0.2, 0.25) is 5.91 Å². The summed E-state index contributed by atoms with van der Waals surface area (Å²) in [6.07, 6.45) is 0.370. The van der Waals surface area contributed by atoms with Gasteiger partial charge in [0, 0.05) is 18.4 Å². The molecule has 0 aliphatic carbocycles. The van der Waals surface area contributed by atoms with E-state index < -0.39 is 5.91 Å². The van der Waals surface area contributed by atoms with Crippen LogP contribution in [0.3, 0.4) is 0 Å². The zero-order valence-electron chi connectivity index (χ0n) is 14.7. The zero-order chi connectivity index (χ0) is 19.4. The number of hydrogen-bond acceptors (Lipinski definition) is 4. The molecule has 0 bridgehead atoms. The van der Waals surface area contributed by atoms with Crippen molar-refractivity contribution in [2.75, 3.05) is 5.32 Å². The van der Waals surface area contributed by atoms with Gasteiger partial charge in [-0.05, 0) is 36.8 Å². The third kappa shape index (κ3) is 4.44. The van der Waals surface area contributed by atoms with Crippen LogP contribution in [0.1, 0.15) is 35.7 Å². The Kier molecular flexibility index (Phi) is 5.40. The highest BCUT2D eigenvalue weighted by molar-refractivity contribution is 6.43. The van der Waals surface area contributed by atoms with E-state index in [0.29, 0.717) is 16.8 Å². The molecule has 0 fully saturated rings. The standard InChI is InChI=1S/C20H18FN3O3/c1-13(25)16-4-2-3-5-17(16)22-20(27)18-10-11-19(26)24(23-18)12-14-6-8-15(21)9-7-14/h2-9H,10-12H2,1H3,(H,22,27). The van der Waals surface area contributed by atoms with E-state index in [-0.39, 0.29) is 42.6 Å². The summed E-state index contributed by atoms with van der Waals surface area (Å²) in [4.78, 5) is 36.3. The highest BCUT2D eigenvalue weighted by atomic mass is 19.1. The molecule has 0 spiro atoms. The maximum atomic E-state index is 13.0. The maximum absolute atomic E-state index is 13.0. The van der Waals surface area contributed by atoms with Crippen LogP contribution in [0, 0.1) is 5.82 Å². The lowest BCUT2D eigenvalue weighted by molar-refractivity contribution is -0.132. The Morgan fingerprint density at radius 2 is 1.81 bits per heavy atom. The SMILES string of the molecule is CC(=O)c1ccccc1NC(=O)C1=NN(Cc2ccc(F)cc2)C(=O)CC1. The molecule has 2 aromatic carbocycles. The quantitative estimate of drug-likeness (QED) is 0.825. The second-order valence-corrected chi connectivity index (χ2v) is 6.18. The number of benzene rings is 2. The predicted octanol–water partition coefficient (Wildman–Crippen LogP) is 3.15. The average molecular weight is 367 g/mol. The van der Waals surface area contributed by atoms with Crippen molar-refractivity contribution >= 4 is 29.0 Å². The van der Waals surface area contributed by atoms with Gasteiger partial charge in [-0.25, -0.2) is 9.40 Å². The van der Waals surface area contributed by atoms with Gasteiger partial charge in [0.1, 0.15) is 11.5 Å². The Balaban J connectivity index is 1.77. The fraction of sp³-hybridized carbons (Fsp3) is 0.200. The highest BCUT2D eigenvalue weighted by Crippen LogP contribution is 2.18. The van der Waals surface area contributed by atoms with Crippen LogP contribution in [-0.4, -0.2) is 28.3 Å². The second-order valence-electron chi connectivity index (χ2n) is 6.18. The Morgan fingerprint density at radius 3 is 2.52 bits per heavy atom. The Bertz CT molecular complexity index is 922. The van der Waals surface area contributed by atoms with Crippen LogP contribution in [-0.2, 0) is 16.1 Å². The zero-order valence-corrected chi connectivity index (χ0v) is 14.7. The van der Waals surface area contributed by atoms with Crippen molar-refractivity contribution in [2.45, 2.75) is 26.3 Å². The fourth-order valence-electron chi connectivity index (χ4n) is 2.74. The third-order valence-corrected chi connectivity index (χ3v) is 4.17. The summed E-state index contributed by atoms with van der Waals surface area (Å²) in [6.45, 7) is 1.58. The number of anilines is 1. The van der Waals surface area contributed by atoms with Crippen molar-refractivity contribution in [3.63, 3.8) is 0 Å². The molecule has 1 aliphatic heterocycles. The minimum absolute atomic E-state index is 0.153. The summed E-state index contributed by atoms with van der Waals surface area (Å²) >= 11 is 0. The van der Waals surface area contributed by atoms with Crippen LogP contribution in [0.4, 0.5) is 10.1 Å². The molecule has 0 saturated carbocycles. The second kappa shape index (κ2) is 7.90. The largest absolute Gasteiger partial charge is 0.320 e. The number of nitrogens with zero attached hydrogens (tertiary/aromatic N) is 2. The topological polar surface area (TPSA) is 78.8 Å². The molecule has 0 atom stereocenters. The van der Waals surface area contributed by atoms with Crippen LogP contribution in [0.15, 0.2) is 53.6 Å². The Labute approximate surface area is 155 Å². The van der Waals surface area contributed by atoms with Crippen molar-refractivity contribution in [1.82, 2.24) is 5.01 Å². The minimum atomic E-state index is -0.458. The molecular weight excluding hydrogens is 349 g/mol. The number of nitrogens with one attached hydrogen (secondary N) is 1. The van der Waals surface area contributed by atoms with Crippen molar-refractivity contribution < 1.29 is 18.8 Å². The van der Waals surface area contributed by atoms with E-state index in [1.54, 1.807) is 36.4 Å². The van der Waals surface area contributed by atoms with E-state index in [0.717, 1.165) is 0 Å². The van der Waals surface area contributed by atoms with Crippen molar-refractivity contribution in [3.8, 4) is 0 Å². The molecule has 3 rings (SSSR count). The molecule has 1 aliphatic rings. The number of ketones is 1. The number of hydrogen-bond donors (Lipinski definition) is 1. The molecular formula is C20H18FN3O3. The molecule has 0 radical (unpaired) electrons. The molecule has 1 heterocycles. The van der Waals surface area contributed by atoms with E-state index in [1.807, 2.05) is 0 Å². The molecule has 7 heteroatoms. The van der Waals surface area contributed by atoms with Gasteiger partial charge in [0.15, 0.2) is 5.78 Å².